The maximum atomic E-state index is 10.4. The summed E-state index contributed by atoms with van der Waals surface area (Å²) < 4.78 is 5.03. The van der Waals surface area contributed by atoms with Crippen LogP contribution < -0.4 is 5.32 Å². The Morgan fingerprint density at radius 2 is 1.95 bits per heavy atom. The third-order valence-electron chi connectivity index (χ3n) is 8.95. The van der Waals surface area contributed by atoms with E-state index in [1.807, 2.05) is 26.2 Å². The number of allylic oxidation sites excluding steroid dienone is 1. The molecule has 1 heterocycles. The van der Waals surface area contributed by atoms with Crippen LogP contribution in [0.1, 0.15) is 99.8 Å². The van der Waals surface area contributed by atoms with E-state index >= 15 is 0 Å². The number of hydrogen-bond donors (Lipinski definition) is 2. The van der Waals surface area contributed by atoms with Crippen LogP contribution in [0.3, 0.4) is 0 Å². The molecule has 4 rings (SSSR count). The van der Waals surface area contributed by atoms with Crippen molar-refractivity contribution in [2.24, 2.45) is 11.8 Å². The molecule has 0 bridgehead atoms. The maximum absolute atomic E-state index is 10.4. The maximum Gasteiger partial charge on any atom is 0.118 e. The highest BCUT2D eigenvalue weighted by Crippen LogP contribution is 2.53. The van der Waals surface area contributed by atoms with Gasteiger partial charge in [-0.1, -0.05) is 52.2 Å². The van der Waals surface area contributed by atoms with E-state index in [9.17, 15) is 5.11 Å². The molecule has 2 aromatic rings. The predicted octanol–water partition coefficient (Wildman–Crippen LogP) is 8.09. The molecular weight excluding hydrogens is 456 g/mol. The zero-order valence-electron chi connectivity index (χ0n) is 24.4. The molecule has 3 unspecified atom stereocenters. The molecule has 0 aliphatic heterocycles. The number of furan rings is 1. The molecular formula is C33H52N2O2. The standard InChI is InChI=1S/C22H35NO.C11H17NO/c1-4-23-14-13-22(21-16(2)8-11-20(24)17(21)3)12-6-5-7-19(22)15-18-9-10-18;1-9(7-10(2)12(3)4)11-5-6-13-8-11/h8,11,18-19,23-24H,4-7,9-10,12-15H2,1-3H3;5-6,8-9H,2,7H2,1,3-4H3. The Morgan fingerprint density at radius 3 is 2.57 bits per heavy atom. The van der Waals surface area contributed by atoms with Crippen molar-refractivity contribution in [3.63, 3.8) is 0 Å². The largest absolute Gasteiger partial charge is 0.508 e. The number of benzene rings is 1. The van der Waals surface area contributed by atoms with Crippen molar-refractivity contribution < 1.29 is 9.52 Å². The highest BCUT2D eigenvalue weighted by atomic mass is 16.3. The fourth-order valence-electron chi connectivity index (χ4n) is 6.49. The van der Waals surface area contributed by atoms with Crippen molar-refractivity contribution in [1.82, 2.24) is 10.2 Å². The highest BCUT2D eigenvalue weighted by molar-refractivity contribution is 5.48. The van der Waals surface area contributed by atoms with Crippen molar-refractivity contribution in [2.75, 3.05) is 27.2 Å². The van der Waals surface area contributed by atoms with Crippen molar-refractivity contribution in [1.29, 1.82) is 0 Å². The second-order valence-corrected chi connectivity index (χ2v) is 11.9. The van der Waals surface area contributed by atoms with Gasteiger partial charge < -0.3 is 19.7 Å². The van der Waals surface area contributed by atoms with Gasteiger partial charge in [0.1, 0.15) is 5.75 Å². The summed E-state index contributed by atoms with van der Waals surface area (Å²) in [5, 5.41) is 14.0. The second-order valence-electron chi connectivity index (χ2n) is 11.9. The van der Waals surface area contributed by atoms with Crippen LogP contribution in [0, 0.1) is 25.7 Å². The third kappa shape index (κ3) is 7.66. The molecule has 2 N–H and O–H groups in total. The normalized spacial score (nSPS) is 22.2. The molecule has 1 aromatic carbocycles. The van der Waals surface area contributed by atoms with Crippen LogP contribution in [0.4, 0.5) is 0 Å². The Balaban J connectivity index is 0.000000248. The molecule has 3 atom stereocenters. The summed E-state index contributed by atoms with van der Waals surface area (Å²) in [6, 6.07) is 6.02. The molecule has 2 fully saturated rings. The summed E-state index contributed by atoms with van der Waals surface area (Å²) in [6.45, 7) is 14.9. The molecule has 37 heavy (non-hydrogen) atoms. The number of aryl methyl sites for hydroxylation is 1. The fraction of sp³-hybridized carbons (Fsp3) is 0.636. The first-order valence-corrected chi connectivity index (χ1v) is 14.6. The second kappa shape index (κ2) is 13.6. The molecule has 4 heteroatoms. The van der Waals surface area contributed by atoms with Gasteiger partial charge in [0.15, 0.2) is 0 Å². The average molecular weight is 509 g/mol. The van der Waals surface area contributed by atoms with Crippen LogP contribution in [0.2, 0.25) is 0 Å². The number of nitrogens with zero attached hydrogens (tertiary/aromatic N) is 1. The molecule has 2 aliphatic rings. The van der Waals surface area contributed by atoms with Crippen molar-refractivity contribution in [3.05, 3.63) is 65.3 Å². The predicted molar refractivity (Wildman–Crippen MR) is 156 cm³/mol. The summed E-state index contributed by atoms with van der Waals surface area (Å²) >= 11 is 0. The smallest absolute Gasteiger partial charge is 0.118 e. The van der Waals surface area contributed by atoms with Gasteiger partial charge in [-0.15, -0.1) is 0 Å². The number of nitrogens with one attached hydrogen (secondary N) is 1. The Hall–Kier alpha value is -2.20. The van der Waals surface area contributed by atoms with Gasteiger partial charge in [-0.05, 0) is 111 Å². The number of aromatic hydroxyl groups is 1. The van der Waals surface area contributed by atoms with Gasteiger partial charge in [-0.25, -0.2) is 0 Å². The molecule has 0 radical (unpaired) electrons. The molecule has 2 aliphatic carbocycles. The number of phenols is 1. The zero-order valence-corrected chi connectivity index (χ0v) is 24.4. The molecule has 2 saturated carbocycles. The van der Waals surface area contributed by atoms with Crippen LogP contribution in [-0.2, 0) is 5.41 Å². The van der Waals surface area contributed by atoms with Crippen LogP contribution in [-0.4, -0.2) is 37.2 Å². The lowest BCUT2D eigenvalue weighted by Gasteiger charge is -2.47. The van der Waals surface area contributed by atoms with E-state index in [1.54, 1.807) is 12.5 Å². The molecule has 0 amide bonds. The number of hydrogen-bond acceptors (Lipinski definition) is 4. The summed E-state index contributed by atoms with van der Waals surface area (Å²) in [4.78, 5) is 2.05. The van der Waals surface area contributed by atoms with E-state index in [0.29, 0.717) is 11.7 Å². The van der Waals surface area contributed by atoms with Gasteiger partial charge in [0, 0.05) is 25.2 Å². The minimum atomic E-state index is 0.260. The minimum Gasteiger partial charge on any atom is -0.508 e. The molecule has 206 valence electrons. The first kappa shape index (κ1) is 29.4. The van der Waals surface area contributed by atoms with Crippen LogP contribution in [0.25, 0.3) is 0 Å². The third-order valence-corrected chi connectivity index (χ3v) is 8.95. The lowest BCUT2D eigenvalue weighted by atomic mass is 9.58. The Morgan fingerprint density at radius 1 is 1.19 bits per heavy atom. The Bertz CT molecular complexity index is 976. The average Bonchev–Trinajstić information content (AvgIpc) is 3.51. The highest BCUT2D eigenvalue weighted by Gasteiger charge is 2.45. The van der Waals surface area contributed by atoms with E-state index in [1.165, 1.54) is 68.1 Å². The fourth-order valence-corrected chi connectivity index (χ4v) is 6.49. The molecule has 0 saturated heterocycles. The molecule has 1 aromatic heterocycles. The molecule has 0 spiro atoms. The van der Waals surface area contributed by atoms with Crippen LogP contribution in [0.15, 0.2) is 47.4 Å². The van der Waals surface area contributed by atoms with E-state index in [4.69, 9.17) is 4.42 Å². The summed E-state index contributed by atoms with van der Waals surface area (Å²) in [6.07, 6.45) is 15.4. The first-order chi connectivity index (χ1) is 17.7. The van der Waals surface area contributed by atoms with Gasteiger partial charge in [0.05, 0.1) is 12.5 Å². The Labute approximate surface area is 226 Å². The lowest BCUT2D eigenvalue weighted by Crippen LogP contribution is -2.42. The van der Waals surface area contributed by atoms with Gasteiger partial charge in [-0.2, -0.15) is 0 Å². The van der Waals surface area contributed by atoms with Crippen molar-refractivity contribution >= 4 is 0 Å². The van der Waals surface area contributed by atoms with Gasteiger partial charge in [0.2, 0.25) is 0 Å². The minimum absolute atomic E-state index is 0.260. The van der Waals surface area contributed by atoms with E-state index in [-0.39, 0.29) is 5.41 Å². The summed E-state index contributed by atoms with van der Waals surface area (Å²) in [5.41, 5.74) is 6.64. The van der Waals surface area contributed by atoms with Crippen LogP contribution in [0.5, 0.6) is 5.75 Å². The summed E-state index contributed by atoms with van der Waals surface area (Å²) in [5.74, 6) is 2.73. The quantitative estimate of drug-likeness (QED) is 0.301. The van der Waals surface area contributed by atoms with Crippen LogP contribution >= 0.6 is 0 Å². The monoisotopic (exact) mass is 508 g/mol. The van der Waals surface area contributed by atoms with Crippen molar-refractivity contribution in [3.8, 4) is 5.75 Å². The van der Waals surface area contributed by atoms with Gasteiger partial charge in [0.25, 0.3) is 0 Å². The van der Waals surface area contributed by atoms with Crippen molar-refractivity contribution in [2.45, 2.75) is 96.8 Å². The molecule has 4 nitrogen and oxygen atoms in total. The Kier molecular flexibility index (Phi) is 10.8. The van der Waals surface area contributed by atoms with E-state index in [0.717, 1.165) is 42.6 Å². The number of rotatable bonds is 11. The van der Waals surface area contributed by atoms with E-state index < -0.39 is 0 Å². The first-order valence-electron chi connectivity index (χ1n) is 14.6. The van der Waals surface area contributed by atoms with Gasteiger partial charge in [-0.3, -0.25) is 0 Å². The summed E-state index contributed by atoms with van der Waals surface area (Å²) in [7, 11) is 4.04. The zero-order chi connectivity index (χ0) is 27.0. The topological polar surface area (TPSA) is 48.6 Å². The lowest BCUT2D eigenvalue weighted by molar-refractivity contribution is 0.152. The van der Waals surface area contributed by atoms with Gasteiger partial charge >= 0.3 is 0 Å². The SMILES string of the molecule is C=C(CC(C)c1ccoc1)N(C)C.CCNCCC1(c2c(C)ccc(O)c2C)CCCCC1CC1CC1. The number of phenolic OH excluding ortho intramolecular Hbond substituents is 1. The van der Waals surface area contributed by atoms with E-state index in [2.05, 4.69) is 50.6 Å².